The van der Waals surface area contributed by atoms with Crippen molar-refractivity contribution in [1.29, 1.82) is 0 Å². The predicted octanol–water partition coefficient (Wildman–Crippen LogP) is 1.92. The highest BCUT2D eigenvalue weighted by molar-refractivity contribution is 9.10. The van der Waals surface area contributed by atoms with E-state index in [-0.39, 0.29) is 0 Å². The van der Waals surface area contributed by atoms with Crippen LogP contribution < -0.4 is 10.1 Å². The number of benzene rings is 1. The molecule has 0 saturated heterocycles. The fraction of sp³-hybridized carbons (Fsp3) is 0.385. The van der Waals surface area contributed by atoms with E-state index in [9.17, 15) is 0 Å². The first-order valence-electron chi connectivity index (χ1n) is 6.06. The molecule has 1 aromatic heterocycles. The average molecular weight is 325 g/mol. The number of hydrogen-bond acceptors (Lipinski definition) is 4. The van der Waals surface area contributed by atoms with Crippen molar-refractivity contribution in [1.82, 2.24) is 20.1 Å². The highest BCUT2D eigenvalue weighted by atomic mass is 79.9. The van der Waals surface area contributed by atoms with Crippen LogP contribution >= 0.6 is 15.9 Å². The fourth-order valence-electron chi connectivity index (χ4n) is 1.81. The Balaban J connectivity index is 1.83. The second-order valence-electron chi connectivity index (χ2n) is 4.22. The van der Waals surface area contributed by atoms with Crippen LogP contribution in [0.1, 0.15) is 11.4 Å². The monoisotopic (exact) mass is 324 g/mol. The van der Waals surface area contributed by atoms with Gasteiger partial charge in [-0.25, -0.2) is 4.98 Å². The van der Waals surface area contributed by atoms with Crippen LogP contribution in [0, 0.1) is 0 Å². The van der Waals surface area contributed by atoms with E-state index in [0.29, 0.717) is 0 Å². The predicted molar refractivity (Wildman–Crippen MR) is 77.1 cm³/mol. The molecule has 0 atom stereocenters. The zero-order valence-electron chi connectivity index (χ0n) is 11.1. The number of aromatic nitrogens is 3. The van der Waals surface area contributed by atoms with Crippen LogP contribution in [0.15, 0.2) is 29.0 Å². The van der Waals surface area contributed by atoms with E-state index in [1.54, 1.807) is 18.1 Å². The molecule has 0 saturated carbocycles. The van der Waals surface area contributed by atoms with Crippen molar-refractivity contribution >= 4 is 15.9 Å². The van der Waals surface area contributed by atoms with Gasteiger partial charge in [-0.2, -0.15) is 5.10 Å². The van der Waals surface area contributed by atoms with Crippen LogP contribution in [0.4, 0.5) is 0 Å². The number of aryl methyl sites for hydroxylation is 1. The van der Waals surface area contributed by atoms with Gasteiger partial charge in [0.15, 0.2) is 5.82 Å². The van der Waals surface area contributed by atoms with E-state index in [0.717, 1.165) is 41.1 Å². The van der Waals surface area contributed by atoms with Crippen LogP contribution in [-0.2, 0) is 20.0 Å². The molecule has 0 spiro atoms. The highest BCUT2D eigenvalue weighted by Crippen LogP contribution is 2.22. The van der Waals surface area contributed by atoms with Gasteiger partial charge < -0.3 is 10.1 Å². The normalized spacial score (nSPS) is 10.7. The molecule has 0 unspecified atom stereocenters. The highest BCUT2D eigenvalue weighted by Gasteiger charge is 2.04. The largest absolute Gasteiger partial charge is 0.496 e. The molecule has 2 rings (SSSR count). The average Bonchev–Trinajstić information content (AvgIpc) is 2.81. The minimum absolute atomic E-state index is 0.759. The Bertz CT molecular complexity index is 541. The van der Waals surface area contributed by atoms with Gasteiger partial charge in [-0.05, 0) is 18.2 Å². The van der Waals surface area contributed by atoms with Gasteiger partial charge in [0.1, 0.15) is 12.1 Å². The summed E-state index contributed by atoms with van der Waals surface area (Å²) < 4.78 is 8.10. The lowest BCUT2D eigenvalue weighted by molar-refractivity contribution is 0.407. The lowest BCUT2D eigenvalue weighted by atomic mass is 10.2. The number of rotatable bonds is 6. The molecule has 0 fully saturated rings. The maximum absolute atomic E-state index is 5.33. The van der Waals surface area contributed by atoms with Crippen molar-refractivity contribution in [2.24, 2.45) is 7.05 Å². The molecule has 1 heterocycles. The summed E-state index contributed by atoms with van der Waals surface area (Å²) in [6.45, 7) is 1.59. The van der Waals surface area contributed by atoms with Crippen molar-refractivity contribution in [2.45, 2.75) is 13.0 Å². The van der Waals surface area contributed by atoms with Crippen molar-refractivity contribution in [3.63, 3.8) is 0 Å². The molecular weight excluding hydrogens is 308 g/mol. The summed E-state index contributed by atoms with van der Waals surface area (Å²) in [4.78, 5) is 4.19. The van der Waals surface area contributed by atoms with E-state index >= 15 is 0 Å². The topological polar surface area (TPSA) is 52.0 Å². The summed E-state index contributed by atoms with van der Waals surface area (Å²) in [5.74, 6) is 1.75. The zero-order valence-corrected chi connectivity index (χ0v) is 12.6. The van der Waals surface area contributed by atoms with Crippen LogP contribution in [0.2, 0.25) is 0 Å². The smallest absolute Gasteiger partial charge is 0.151 e. The standard InChI is InChI=1S/C13H17BrN4O/c1-18-9-16-13(17-18)5-6-15-8-10-7-11(14)3-4-12(10)19-2/h3-4,7,9,15H,5-6,8H2,1-2H3. The van der Waals surface area contributed by atoms with E-state index in [1.165, 1.54) is 0 Å². The van der Waals surface area contributed by atoms with Gasteiger partial charge >= 0.3 is 0 Å². The van der Waals surface area contributed by atoms with Gasteiger partial charge in [0.2, 0.25) is 0 Å². The van der Waals surface area contributed by atoms with Gasteiger partial charge in [-0.15, -0.1) is 0 Å². The number of hydrogen-bond donors (Lipinski definition) is 1. The number of nitrogens with zero attached hydrogens (tertiary/aromatic N) is 3. The van der Waals surface area contributed by atoms with Crippen molar-refractivity contribution < 1.29 is 4.74 Å². The van der Waals surface area contributed by atoms with E-state index in [2.05, 4.69) is 37.4 Å². The summed E-state index contributed by atoms with van der Waals surface area (Å²) in [6, 6.07) is 5.99. The molecule has 1 aromatic carbocycles. The van der Waals surface area contributed by atoms with E-state index in [1.807, 2.05) is 19.2 Å². The molecule has 0 amide bonds. The molecule has 19 heavy (non-hydrogen) atoms. The molecule has 0 aliphatic carbocycles. The lowest BCUT2D eigenvalue weighted by Crippen LogP contribution is -2.17. The third kappa shape index (κ3) is 4.04. The minimum Gasteiger partial charge on any atom is -0.496 e. The van der Waals surface area contributed by atoms with Crippen LogP contribution in [0.3, 0.4) is 0 Å². The molecule has 1 N–H and O–H groups in total. The Hall–Kier alpha value is -1.40. The number of nitrogens with one attached hydrogen (secondary N) is 1. The Morgan fingerprint density at radius 1 is 1.42 bits per heavy atom. The van der Waals surface area contributed by atoms with Gasteiger partial charge in [-0.3, -0.25) is 4.68 Å². The number of halogens is 1. The maximum atomic E-state index is 5.33. The van der Waals surface area contributed by atoms with Crippen LogP contribution in [-0.4, -0.2) is 28.4 Å². The second-order valence-corrected chi connectivity index (χ2v) is 5.13. The van der Waals surface area contributed by atoms with Gasteiger partial charge in [-0.1, -0.05) is 15.9 Å². The Kier molecular flexibility index (Phi) is 4.93. The summed E-state index contributed by atoms with van der Waals surface area (Å²) >= 11 is 3.47. The van der Waals surface area contributed by atoms with Gasteiger partial charge in [0.05, 0.1) is 7.11 Å². The summed E-state index contributed by atoms with van der Waals surface area (Å²) in [5.41, 5.74) is 1.13. The quantitative estimate of drug-likeness (QED) is 0.825. The molecule has 6 heteroatoms. The van der Waals surface area contributed by atoms with Crippen molar-refractivity contribution in [2.75, 3.05) is 13.7 Å². The maximum Gasteiger partial charge on any atom is 0.151 e. The molecule has 0 radical (unpaired) electrons. The first-order valence-corrected chi connectivity index (χ1v) is 6.86. The number of ether oxygens (including phenoxy) is 1. The van der Waals surface area contributed by atoms with Gasteiger partial charge in [0, 0.05) is 36.6 Å². The first kappa shape index (κ1) is 14.0. The van der Waals surface area contributed by atoms with Crippen molar-refractivity contribution in [3.05, 3.63) is 40.4 Å². The fourth-order valence-corrected chi connectivity index (χ4v) is 2.22. The summed E-state index contributed by atoms with van der Waals surface area (Å²) in [6.07, 6.45) is 2.53. The molecule has 0 aliphatic heterocycles. The molecule has 0 aliphatic rings. The molecule has 5 nitrogen and oxygen atoms in total. The second kappa shape index (κ2) is 6.68. The van der Waals surface area contributed by atoms with E-state index < -0.39 is 0 Å². The molecule has 0 bridgehead atoms. The summed E-state index contributed by atoms with van der Waals surface area (Å²) in [7, 11) is 3.56. The SMILES string of the molecule is COc1ccc(Br)cc1CNCCc1ncn(C)n1. The Labute approximate surface area is 121 Å². The van der Waals surface area contributed by atoms with Crippen LogP contribution in [0.25, 0.3) is 0 Å². The summed E-state index contributed by atoms with van der Waals surface area (Å²) in [5, 5.41) is 7.61. The minimum atomic E-state index is 0.759. The Morgan fingerprint density at radius 2 is 2.26 bits per heavy atom. The Morgan fingerprint density at radius 3 is 2.95 bits per heavy atom. The third-order valence-corrected chi connectivity index (χ3v) is 3.22. The van der Waals surface area contributed by atoms with E-state index in [4.69, 9.17) is 4.74 Å². The molecule has 102 valence electrons. The molecular formula is C13H17BrN4O. The number of methoxy groups -OCH3 is 1. The van der Waals surface area contributed by atoms with Gasteiger partial charge in [0.25, 0.3) is 0 Å². The first-order chi connectivity index (χ1) is 9.19. The van der Waals surface area contributed by atoms with Crippen molar-refractivity contribution in [3.8, 4) is 5.75 Å². The zero-order chi connectivity index (χ0) is 13.7. The lowest BCUT2D eigenvalue weighted by Gasteiger charge is -2.09. The molecule has 2 aromatic rings. The van der Waals surface area contributed by atoms with Crippen LogP contribution in [0.5, 0.6) is 5.75 Å². The third-order valence-electron chi connectivity index (χ3n) is 2.73.